The molecule has 4 rings (SSSR count). The molecule has 7 heteroatoms. The van der Waals surface area contributed by atoms with Gasteiger partial charge < -0.3 is 21.1 Å². The Bertz CT molecular complexity index is 1210. The van der Waals surface area contributed by atoms with Gasteiger partial charge >= 0.3 is 0 Å². The first kappa shape index (κ1) is 28.1. The summed E-state index contributed by atoms with van der Waals surface area (Å²) >= 11 is 0. The highest BCUT2D eigenvalue weighted by molar-refractivity contribution is 6.43. The minimum Gasteiger partial charge on any atom is -0.405 e. The van der Waals surface area contributed by atoms with E-state index in [1.807, 2.05) is 24.3 Å². The molecule has 0 aliphatic carbocycles. The SMILES string of the molecule is CN=C(/C=C\N)C(=O)NCC(=O)Nc1ccc(C2=CCOCC2)cc1.c1ccc(Cc2ccccc2)cc1. The molecule has 3 aromatic rings. The van der Waals surface area contributed by atoms with Crippen molar-refractivity contribution in [1.82, 2.24) is 5.32 Å². The van der Waals surface area contributed by atoms with Crippen LogP contribution in [0.1, 0.15) is 23.1 Å². The number of anilines is 1. The molecule has 196 valence electrons. The Hall–Kier alpha value is -4.49. The molecule has 7 nitrogen and oxygen atoms in total. The Morgan fingerprint density at radius 3 is 2.11 bits per heavy atom. The summed E-state index contributed by atoms with van der Waals surface area (Å²) < 4.78 is 5.30. The number of nitrogens with two attached hydrogens (primary N) is 1. The maximum Gasteiger partial charge on any atom is 0.269 e. The topological polar surface area (TPSA) is 106 Å². The number of nitrogens with zero attached hydrogens (tertiary/aromatic N) is 1. The van der Waals surface area contributed by atoms with Crippen LogP contribution in [0.3, 0.4) is 0 Å². The lowest BCUT2D eigenvalue weighted by Crippen LogP contribution is -2.36. The zero-order valence-electron chi connectivity index (χ0n) is 21.6. The third-order valence-electron chi connectivity index (χ3n) is 5.73. The largest absolute Gasteiger partial charge is 0.405 e. The zero-order chi connectivity index (χ0) is 27.0. The van der Waals surface area contributed by atoms with Crippen LogP contribution < -0.4 is 16.4 Å². The van der Waals surface area contributed by atoms with E-state index in [1.54, 1.807) is 0 Å². The van der Waals surface area contributed by atoms with E-state index in [0.29, 0.717) is 12.3 Å². The average molecular weight is 511 g/mol. The van der Waals surface area contributed by atoms with Gasteiger partial charge in [-0.25, -0.2) is 0 Å². The van der Waals surface area contributed by atoms with Crippen LogP contribution in [-0.4, -0.2) is 44.3 Å². The number of carbonyl (C=O) groups excluding carboxylic acids is 2. The number of ether oxygens (including phenoxy) is 1. The molecule has 0 saturated heterocycles. The van der Waals surface area contributed by atoms with Crippen molar-refractivity contribution < 1.29 is 14.3 Å². The molecule has 0 saturated carbocycles. The third-order valence-corrected chi connectivity index (χ3v) is 5.73. The van der Waals surface area contributed by atoms with Crippen LogP contribution in [-0.2, 0) is 20.7 Å². The van der Waals surface area contributed by atoms with Gasteiger partial charge in [0.1, 0.15) is 5.71 Å². The van der Waals surface area contributed by atoms with E-state index in [2.05, 4.69) is 82.4 Å². The molecular formula is C31H34N4O3. The van der Waals surface area contributed by atoms with Gasteiger partial charge in [-0.3, -0.25) is 14.6 Å². The second-order valence-corrected chi connectivity index (χ2v) is 8.48. The Morgan fingerprint density at radius 2 is 1.58 bits per heavy atom. The van der Waals surface area contributed by atoms with E-state index in [4.69, 9.17) is 10.5 Å². The third kappa shape index (κ3) is 9.52. The van der Waals surface area contributed by atoms with E-state index >= 15 is 0 Å². The van der Waals surface area contributed by atoms with Gasteiger partial charge in [-0.1, -0.05) is 78.9 Å². The molecule has 0 unspecified atom stereocenters. The second-order valence-electron chi connectivity index (χ2n) is 8.48. The van der Waals surface area contributed by atoms with Crippen LogP contribution >= 0.6 is 0 Å². The van der Waals surface area contributed by atoms with E-state index in [1.165, 1.54) is 36.0 Å². The molecule has 0 aromatic heterocycles. The molecular weight excluding hydrogens is 476 g/mol. The number of nitrogens with one attached hydrogen (secondary N) is 2. The number of hydrogen-bond acceptors (Lipinski definition) is 5. The summed E-state index contributed by atoms with van der Waals surface area (Å²) in [6, 6.07) is 28.7. The summed E-state index contributed by atoms with van der Waals surface area (Å²) in [6.07, 6.45) is 6.57. The molecule has 0 atom stereocenters. The van der Waals surface area contributed by atoms with Gasteiger partial charge in [0, 0.05) is 12.7 Å². The molecule has 1 heterocycles. The number of carbonyl (C=O) groups is 2. The van der Waals surface area contributed by atoms with Gasteiger partial charge in [0.15, 0.2) is 0 Å². The quantitative estimate of drug-likeness (QED) is 0.392. The highest BCUT2D eigenvalue weighted by atomic mass is 16.5. The fraction of sp³-hybridized carbons (Fsp3) is 0.194. The molecule has 0 spiro atoms. The minimum absolute atomic E-state index is 0.152. The molecule has 0 fully saturated rings. The molecule has 3 aromatic carbocycles. The monoisotopic (exact) mass is 510 g/mol. The second kappa shape index (κ2) is 15.6. The summed E-state index contributed by atoms with van der Waals surface area (Å²) in [5.41, 5.74) is 11.2. The van der Waals surface area contributed by atoms with Crippen molar-refractivity contribution >= 4 is 28.8 Å². The average Bonchev–Trinajstić information content (AvgIpc) is 2.97. The Balaban J connectivity index is 0.000000256. The van der Waals surface area contributed by atoms with Crippen molar-refractivity contribution in [2.75, 3.05) is 32.1 Å². The summed E-state index contributed by atoms with van der Waals surface area (Å²) in [6.45, 7) is 1.21. The summed E-state index contributed by atoms with van der Waals surface area (Å²) in [5.74, 6) is -0.778. The molecule has 0 radical (unpaired) electrons. The van der Waals surface area contributed by atoms with Crippen molar-refractivity contribution in [2.45, 2.75) is 12.8 Å². The zero-order valence-corrected chi connectivity index (χ0v) is 21.6. The van der Waals surface area contributed by atoms with Gasteiger partial charge in [-0.2, -0.15) is 0 Å². The normalized spacial score (nSPS) is 13.2. The molecule has 1 aliphatic rings. The lowest BCUT2D eigenvalue weighted by molar-refractivity contribution is -0.120. The van der Waals surface area contributed by atoms with Gasteiger partial charge in [0.2, 0.25) is 5.91 Å². The van der Waals surface area contributed by atoms with Gasteiger partial charge in [0.05, 0.1) is 19.8 Å². The molecule has 2 amide bonds. The molecule has 4 N–H and O–H groups in total. The lowest BCUT2D eigenvalue weighted by Gasteiger charge is -2.14. The number of rotatable bonds is 8. The van der Waals surface area contributed by atoms with Crippen LogP contribution in [0.2, 0.25) is 0 Å². The van der Waals surface area contributed by atoms with Crippen LogP contribution in [0.15, 0.2) is 108 Å². The fourth-order valence-corrected chi connectivity index (χ4v) is 3.78. The number of hydrogen-bond donors (Lipinski definition) is 3. The van der Waals surface area contributed by atoms with Gasteiger partial charge in [0.25, 0.3) is 5.91 Å². The van der Waals surface area contributed by atoms with Crippen molar-refractivity contribution in [1.29, 1.82) is 0 Å². The molecule has 38 heavy (non-hydrogen) atoms. The first-order chi connectivity index (χ1) is 18.6. The van der Waals surface area contributed by atoms with Crippen LogP contribution in [0.4, 0.5) is 5.69 Å². The molecule has 0 bridgehead atoms. The van der Waals surface area contributed by atoms with E-state index < -0.39 is 5.91 Å². The first-order valence-corrected chi connectivity index (χ1v) is 12.5. The van der Waals surface area contributed by atoms with E-state index in [-0.39, 0.29) is 18.2 Å². The fourth-order valence-electron chi connectivity index (χ4n) is 3.78. The van der Waals surface area contributed by atoms with E-state index in [0.717, 1.165) is 25.0 Å². The van der Waals surface area contributed by atoms with Crippen LogP contribution in [0.25, 0.3) is 5.57 Å². The summed E-state index contributed by atoms with van der Waals surface area (Å²) in [4.78, 5) is 27.5. The van der Waals surface area contributed by atoms with Crippen molar-refractivity contribution in [3.8, 4) is 0 Å². The predicted octanol–water partition coefficient (Wildman–Crippen LogP) is 4.37. The maximum absolute atomic E-state index is 11.9. The minimum atomic E-state index is -0.457. The smallest absolute Gasteiger partial charge is 0.269 e. The highest BCUT2D eigenvalue weighted by Gasteiger charge is 2.10. The maximum atomic E-state index is 11.9. The van der Waals surface area contributed by atoms with Gasteiger partial charge in [-0.15, -0.1) is 0 Å². The summed E-state index contributed by atoms with van der Waals surface area (Å²) in [7, 11) is 1.48. The first-order valence-electron chi connectivity index (χ1n) is 12.5. The molecule has 1 aliphatic heterocycles. The standard InChI is InChI=1S/C18H22N4O3.C13H12/c1-20-16(6-9-19)18(24)21-12-17(23)22-15-4-2-13(3-5-15)14-7-10-25-11-8-14;1-3-7-12(8-4-1)11-13-9-5-2-6-10-13/h2-7,9H,8,10-12,19H2,1H3,(H,21,24)(H,22,23);1-10H,11H2/b9-6-,20-16?;. The van der Waals surface area contributed by atoms with Crippen molar-refractivity contribution in [3.63, 3.8) is 0 Å². The summed E-state index contributed by atoms with van der Waals surface area (Å²) in [5, 5.41) is 5.23. The number of benzene rings is 3. The van der Waals surface area contributed by atoms with E-state index in [9.17, 15) is 9.59 Å². The van der Waals surface area contributed by atoms with Gasteiger partial charge in [-0.05, 0) is 59.5 Å². The van der Waals surface area contributed by atoms with Crippen LogP contribution in [0, 0.1) is 0 Å². The lowest BCUT2D eigenvalue weighted by atomic mass is 10.0. The Kier molecular flexibility index (Phi) is 11.5. The Morgan fingerprint density at radius 1 is 0.947 bits per heavy atom. The van der Waals surface area contributed by atoms with Crippen LogP contribution in [0.5, 0.6) is 0 Å². The predicted molar refractivity (Wildman–Crippen MR) is 154 cm³/mol. The van der Waals surface area contributed by atoms with Crippen molar-refractivity contribution in [2.24, 2.45) is 10.7 Å². The van der Waals surface area contributed by atoms with Crippen molar-refractivity contribution in [3.05, 3.63) is 120 Å². The number of amides is 2. The highest BCUT2D eigenvalue weighted by Crippen LogP contribution is 2.22. The Labute approximate surface area is 224 Å². The number of aliphatic imine (C=N–C) groups is 1.